The highest BCUT2D eigenvalue weighted by Crippen LogP contribution is 2.40. The van der Waals surface area contributed by atoms with Gasteiger partial charge in [0.15, 0.2) is 0 Å². The van der Waals surface area contributed by atoms with Crippen LogP contribution in [-0.2, 0) is 9.59 Å². The number of Topliss-reactive ketones (excluding diaryl/α,β-unsaturated/α-hetero) is 1. The summed E-state index contributed by atoms with van der Waals surface area (Å²) < 4.78 is 5.65. The number of nitrogens with one attached hydrogen (secondary N) is 1. The number of ether oxygens (including phenoxy) is 1. The van der Waals surface area contributed by atoms with Crippen LogP contribution in [-0.4, -0.2) is 55.5 Å². The zero-order valence-corrected chi connectivity index (χ0v) is 18.0. The first kappa shape index (κ1) is 22.3. The Bertz CT molecular complexity index is 982. The molecule has 0 spiro atoms. The molecule has 2 N–H and O–H groups in total. The SMILES string of the molecule is C=CCOc1cccc([C@@H]2C(=C(O)c3ccccc3)C(=O)C(=O)N2CCC[NH+](C)C)c1. The average Bonchev–Trinajstić information content (AvgIpc) is 3.03. The van der Waals surface area contributed by atoms with Crippen molar-refractivity contribution >= 4 is 17.4 Å². The van der Waals surface area contributed by atoms with Crippen LogP contribution in [0.2, 0.25) is 0 Å². The molecule has 1 amide bonds. The minimum Gasteiger partial charge on any atom is -0.507 e. The van der Waals surface area contributed by atoms with Crippen LogP contribution in [0.25, 0.3) is 5.76 Å². The molecule has 1 saturated heterocycles. The van der Waals surface area contributed by atoms with Crippen LogP contribution >= 0.6 is 0 Å². The van der Waals surface area contributed by atoms with E-state index < -0.39 is 17.7 Å². The number of nitrogens with zero attached hydrogens (tertiary/aromatic N) is 1. The monoisotopic (exact) mass is 421 g/mol. The summed E-state index contributed by atoms with van der Waals surface area (Å²) in [7, 11) is 4.09. The van der Waals surface area contributed by atoms with E-state index in [9.17, 15) is 14.7 Å². The molecule has 1 heterocycles. The number of carbonyl (C=O) groups is 2. The molecular formula is C25H29N2O4+. The molecule has 162 valence electrons. The van der Waals surface area contributed by atoms with Crippen LogP contribution in [0.5, 0.6) is 5.75 Å². The van der Waals surface area contributed by atoms with Crippen molar-refractivity contribution < 1.29 is 24.3 Å². The second-order valence-electron chi connectivity index (χ2n) is 7.84. The van der Waals surface area contributed by atoms with Crippen molar-refractivity contribution in [1.29, 1.82) is 0 Å². The molecule has 6 heteroatoms. The Hall–Kier alpha value is -3.38. The molecule has 1 aliphatic rings. The van der Waals surface area contributed by atoms with Gasteiger partial charge < -0.3 is 19.6 Å². The maximum absolute atomic E-state index is 13.0. The number of rotatable bonds is 9. The van der Waals surface area contributed by atoms with Gasteiger partial charge in [-0.25, -0.2) is 0 Å². The quantitative estimate of drug-likeness (QED) is 0.282. The molecule has 3 rings (SSSR count). The summed E-state index contributed by atoms with van der Waals surface area (Å²) >= 11 is 0. The lowest BCUT2D eigenvalue weighted by Gasteiger charge is -2.26. The van der Waals surface area contributed by atoms with Crippen molar-refractivity contribution in [2.24, 2.45) is 0 Å². The molecule has 0 aromatic heterocycles. The number of amides is 1. The van der Waals surface area contributed by atoms with E-state index in [4.69, 9.17) is 4.74 Å². The Morgan fingerprint density at radius 1 is 1.16 bits per heavy atom. The number of aliphatic hydroxyl groups is 1. The Morgan fingerprint density at radius 3 is 2.58 bits per heavy atom. The van der Waals surface area contributed by atoms with Gasteiger partial charge in [-0.1, -0.05) is 55.1 Å². The van der Waals surface area contributed by atoms with Gasteiger partial charge in [0.1, 0.15) is 18.1 Å². The maximum Gasteiger partial charge on any atom is 0.295 e. The topological polar surface area (TPSA) is 71.3 Å². The lowest BCUT2D eigenvalue weighted by atomic mass is 9.95. The summed E-state index contributed by atoms with van der Waals surface area (Å²) in [5.41, 5.74) is 1.33. The van der Waals surface area contributed by atoms with E-state index in [0.717, 1.165) is 18.5 Å². The highest BCUT2D eigenvalue weighted by Gasteiger charge is 2.45. The summed E-state index contributed by atoms with van der Waals surface area (Å²) in [5, 5.41) is 11.0. The third kappa shape index (κ3) is 5.03. The van der Waals surface area contributed by atoms with Crippen LogP contribution in [0.15, 0.2) is 72.8 Å². The molecule has 1 aliphatic heterocycles. The second-order valence-corrected chi connectivity index (χ2v) is 7.84. The van der Waals surface area contributed by atoms with Gasteiger partial charge in [0.05, 0.1) is 32.3 Å². The number of quaternary nitrogens is 1. The Kier molecular flexibility index (Phi) is 7.26. The molecule has 31 heavy (non-hydrogen) atoms. The van der Waals surface area contributed by atoms with Crippen LogP contribution < -0.4 is 9.64 Å². The predicted molar refractivity (Wildman–Crippen MR) is 120 cm³/mol. The average molecular weight is 422 g/mol. The molecule has 0 radical (unpaired) electrons. The number of hydrogen-bond donors (Lipinski definition) is 2. The second kappa shape index (κ2) is 10.1. The molecular weight excluding hydrogens is 392 g/mol. The normalized spacial score (nSPS) is 17.9. The molecule has 1 fully saturated rings. The Labute approximate surface area is 183 Å². The molecule has 2 aromatic carbocycles. The van der Waals surface area contributed by atoms with E-state index in [-0.39, 0.29) is 11.3 Å². The lowest BCUT2D eigenvalue weighted by molar-refractivity contribution is -0.858. The number of likely N-dealkylation sites (tertiary alicyclic amines) is 1. The third-order valence-corrected chi connectivity index (χ3v) is 5.20. The fourth-order valence-electron chi connectivity index (χ4n) is 3.74. The number of benzene rings is 2. The fourth-order valence-corrected chi connectivity index (χ4v) is 3.74. The minimum absolute atomic E-state index is 0.106. The summed E-state index contributed by atoms with van der Waals surface area (Å²) in [4.78, 5) is 28.8. The van der Waals surface area contributed by atoms with Gasteiger partial charge in [-0.05, 0) is 17.7 Å². The zero-order chi connectivity index (χ0) is 22.4. The van der Waals surface area contributed by atoms with Crippen molar-refractivity contribution in [3.8, 4) is 5.75 Å². The molecule has 0 saturated carbocycles. The highest BCUT2D eigenvalue weighted by molar-refractivity contribution is 6.46. The number of ketones is 1. The summed E-state index contributed by atoms with van der Waals surface area (Å²) in [6, 6.07) is 15.4. The number of carbonyl (C=O) groups excluding carboxylic acids is 2. The largest absolute Gasteiger partial charge is 0.507 e. The van der Waals surface area contributed by atoms with Crippen molar-refractivity contribution in [3.05, 3.63) is 84.0 Å². The van der Waals surface area contributed by atoms with E-state index in [1.54, 1.807) is 35.2 Å². The van der Waals surface area contributed by atoms with Crippen LogP contribution in [0, 0.1) is 0 Å². The van der Waals surface area contributed by atoms with Crippen molar-refractivity contribution in [3.63, 3.8) is 0 Å². The van der Waals surface area contributed by atoms with Crippen molar-refractivity contribution in [2.75, 3.05) is 33.8 Å². The smallest absolute Gasteiger partial charge is 0.295 e. The van der Waals surface area contributed by atoms with E-state index in [0.29, 0.717) is 24.5 Å². The van der Waals surface area contributed by atoms with Crippen LogP contribution in [0.3, 0.4) is 0 Å². The lowest BCUT2D eigenvalue weighted by Crippen LogP contribution is -3.05. The molecule has 0 bridgehead atoms. The maximum atomic E-state index is 13.0. The standard InChI is InChI=1S/C25H28N2O4/c1-4-16-31-20-13-8-12-19(17-20)22-21(23(28)18-10-6-5-7-11-18)24(29)25(30)27(22)15-9-14-26(2)3/h4-8,10-13,17,22,28H,1,9,14-16H2,2-3H3/p+1/t22-/m1/s1. The Morgan fingerprint density at radius 2 is 1.90 bits per heavy atom. The van der Waals surface area contributed by atoms with Gasteiger partial charge in [0.2, 0.25) is 0 Å². The minimum atomic E-state index is -0.676. The van der Waals surface area contributed by atoms with Crippen LogP contribution in [0.1, 0.15) is 23.6 Å². The molecule has 1 atom stereocenters. The summed E-state index contributed by atoms with van der Waals surface area (Å²) in [5.74, 6) is -0.808. The predicted octanol–water partition coefficient (Wildman–Crippen LogP) is 2.21. The van der Waals surface area contributed by atoms with E-state index in [1.807, 2.05) is 44.4 Å². The molecule has 2 aromatic rings. The van der Waals surface area contributed by atoms with Gasteiger partial charge in [-0.2, -0.15) is 0 Å². The van der Waals surface area contributed by atoms with Gasteiger partial charge in [-0.3, -0.25) is 9.59 Å². The first-order valence-corrected chi connectivity index (χ1v) is 10.4. The Balaban J connectivity index is 2.07. The number of aliphatic hydroxyl groups excluding tert-OH is 1. The fraction of sp³-hybridized carbons (Fsp3) is 0.280. The number of hydrogen-bond acceptors (Lipinski definition) is 4. The van der Waals surface area contributed by atoms with E-state index in [2.05, 4.69) is 6.58 Å². The molecule has 0 unspecified atom stereocenters. The first-order chi connectivity index (χ1) is 14.9. The van der Waals surface area contributed by atoms with Gasteiger partial charge in [0.25, 0.3) is 11.7 Å². The van der Waals surface area contributed by atoms with E-state index >= 15 is 0 Å². The van der Waals surface area contributed by atoms with Crippen molar-refractivity contribution in [1.82, 2.24) is 4.90 Å². The van der Waals surface area contributed by atoms with Gasteiger partial charge in [-0.15, -0.1) is 0 Å². The van der Waals surface area contributed by atoms with Crippen LogP contribution in [0.4, 0.5) is 0 Å². The third-order valence-electron chi connectivity index (χ3n) is 5.20. The zero-order valence-electron chi connectivity index (χ0n) is 18.0. The molecule has 0 aliphatic carbocycles. The summed E-state index contributed by atoms with van der Waals surface area (Å²) in [6.07, 6.45) is 2.39. The van der Waals surface area contributed by atoms with Crippen molar-refractivity contribution in [2.45, 2.75) is 12.5 Å². The molecule has 6 nitrogen and oxygen atoms in total. The first-order valence-electron chi connectivity index (χ1n) is 10.4. The van der Waals surface area contributed by atoms with E-state index in [1.165, 1.54) is 4.90 Å². The van der Waals surface area contributed by atoms with Gasteiger partial charge in [0, 0.05) is 18.5 Å². The summed E-state index contributed by atoms with van der Waals surface area (Å²) in [6.45, 7) is 5.28. The van der Waals surface area contributed by atoms with Gasteiger partial charge >= 0.3 is 0 Å². The highest BCUT2D eigenvalue weighted by atomic mass is 16.5.